The summed E-state index contributed by atoms with van der Waals surface area (Å²) in [6.07, 6.45) is 0. The van der Waals surface area contributed by atoms with Crippen LogP contribution in [0.15, 0.2) is 193 Å². The molecule has 0 bridgehead atoms. The van der Waals surface area contributed by atoms with Gasteiger partial charge in [0.25, 0.3) is 0 Å². The number of rotatable bonds is 5. The van der Waals surface area contributed by atoms with Crippen LogP contribution in [0.4, 0.5) is 0 Å². The van der Waals surface area contributed by atoms with Crippen LogP contribution in [-0.2, 0) is 0 Å². The molecule has 0 spiro atoms. The minimum atomic E-state index is 1.06. The molecule has 10 rings (SSSR count). The third-order valence-electron chi connectivity index (χ3n) is 10.2. The van der Waals surface area contributed by atoms with Gasteiger partial charge in [0.1, 0.15) is 0 Å². The Bertz CT molecular complexity index is 2900. The van der Waals surface area contributed by atoms with E-state index in [0.717, 1.165) is 10.2 Å². The summed E-state index contributed by atoms with van der Waals surface area (Å²) in [6, 6.07) is 68.1. The van der Waals surface area contributed by atoms with E-state index in [1.807, 2.05) is 0 Å². The highest BCUT2D eigenvalue weighted by molar-refractivity contribution is 9.10. The van der Waals surface area contributed by atoms with Crippen molar-refractivity contribution >= 4 is 59.5 Å². The Morgan fingerprint density at radius 3 is 1.35 bits per heavy atom. The zero-order valence-corrected chi connectivity index (χ0v) is 29.3. The molecule has 2 nitrogen and oxygen atoms in total. The number of halogens is 1. The number of hydrogen-bond donors (Lipinski definition) is 0. The average molecular weight is 716 g/mol. The van der Waals surface area contributed by atoms with Gasteiger partial charge in [-0.1, -0.05) is 131 Å². The maximum absolute atomic E-state index is 3.84. The van der Waals surface area contributed by atoms with Crippen LogP contribution in [0.2, 0.25) is 0 Å². The smallest absolute Gasteiger partial charge is 0.0547 e. The highest BCUT2D eigenvalue weighted by Crippen LogP contribution is 2.38. The van der Waals surface area contributed by atoms with Gasteiger partial charge in [0.15, 0.2) is 0 Å². The van der Waals surface area contributed by atoms with Crippen LogP contribution in [0.3, 0.4) is 0 Å². The number of hydrogen-bond acceptors (Lipinski definition) is 0. The van der Waals surface area contributed by atoms with Crippen LogP contribution in [0, 0.1) is 0 Å². The van der Waals surface area contributed by atoms with Crippen molar-refractivity contribution in [1.29, 1.82) is 0 Å². The molecule has 0 aliphatic rings. The van der Waals surface area contributed by atoms with E-state index in [-0.39, 0.29) is 0 Å². The van der Waals surface area contributed by atoms with Crippen LogP contribution in [0.25, 0.3) is 88.4 Å². The van der Waals surface area contributed by atoms with E-state index in [1.54, 1.807) is 0 Å². The summed E-state index contributed by atoms with van der Waals surface area (Å²) in [6.45, 7) is 0. The first-order chi connectivity index (χ1) is 25.2. The summed E-state index contributed by atoms with van der Waals surface area (Å²) in [4.78, 5) is 0. The minimum Gasteiger partial charge on any atom is -0.309 e. The van der Waals surface area contributed by atoms with Gasteiger partial charge in [0.2, 0.25) is 0 Å². The first-order valence-corrected chi connectivity index (χ1v) is 18.1. The summed E-state index contributed by atoms with van der Waals surface area (Å²) >= 11 is 3.84. The average Bonchev–Trinajstić information content (AvgIpc) is 3.70. The van der Waals surface area contributed by atoms with Gasteiger partial charge >= 0.3 is 0 Å². The van der Waals surface area contributed by atoms with Crippen molar-refractivity contribution < 1.29 is 0 Å². The molecule has 240 valence electrons. The standard InChI is InChI=1S/C48H31BrN2/c49-38-28-36(27-37(29-38)35-23-25-43-41-15-7-9-17-45(41)51(48(43)31-35)40-13-5-2-6-14-40)33-21-19-32(20-22-33)34-24-26-47-44(30-34)42-16-8-10-18-46(42)50(47)39-11-3-1-4-12-39/h1-31H. The van der Waals surface area contributed by atoms with E-state index in [0.29, 0.717) is 0 Å². The van der Waals surface area contributed by atoms with Gasteiger partial charge < -0.3 is 9.13 Å². The quantitative estimate of drug-likeness (QED) is 0.168. The minimum absolute atomic E-state index is 1.06. The van der Waals surface area contributed by atoms with Crippen molar-refractivity contribution in [2.45, 2.75) is 0 Å². The Morgan fingerprint density at radius 2 is 0.706 bits per heavy atom. The Morgan fingerprint density at radius 1 is 0.275 bits per heavy atom. The zero-order valence-electron chi connectivity index (χ0n) is 27.7. The number of aromatic nitrogens is 2. The van der Waals surface area contributed by atoms with Crippen molar-refractivity contribution in [3.05, 3.63) is 193 Å². The highest BCUT2D eigenvalue weighted by atomic mass is 79.9. The molecule has 0 saturated carbocycles. The molecule has 0 fully saturated rings. The highest BCUT2D eigenvalue weighted by Gasteiger charge is 2.15. The van der Waals surface area contributed by atoms with Crippen molar-refractivity contribution in [3.63, 3.8) is 0 Å². The fraction of sp³-hybridized carbons (Fsp3) is 0. The lowest BCUT2D eigenvalue weighted by Gasteiger charge is -2.11. The largest absolute Gasteiger partial charge is 0.309 e. The molecule has 0 N–H and O–H groups in total. The van der Waals surface area contributed by atoms with Crippen LogP contribution >= 0.6 is 15.9 Å². The van der Waals surface area contributed by atoms with Crippen molar-refractivity contribution in [1.82, 2.24) is 9.13 Å². The van der Waals surface area contributed by atoms with Gasteiger partial charge in [-0.25, -0.2) is 0 Å². The number of benzene rings is 8. The number of para-hydroxylation sites is 4. The van der Waals surface area contributed by atoms with E-state index in [4.69, 9.17) is 0 Å². The lowest BCUT2D eigenvalue weighted by Crippen LogP contribution is -1.93. The molecule has 0 saturated heterocycles. The monoisotopic (exact) mass is 714 g/mol. The predicted octanol–water partition coefficient (Wildman–Crippen LogP) is 13.6. The van der Waals surface area contributed by atoms with E-state index in [9.17, 15) is 0 Å². The summed E-state index contributed by atoms with van der Waals surface area (Å²) in [5, 5.41) is 5.04. The molecule has 3 heteroatoms. The molecule has 0 aliphatic heterocycles. The van der Waals surface area contributed by atoms with Crippen LogP contribution < -0.4 is 0 Å². The zero-order chi connectivity index (χ0) is 33.9. The lowest BCUT2D eigenvalue weighted by molar-refractivity contribution is 1.18. The van der Waals surface area contributed by atoms with Gasteiger partial charge in [-0.3, -0.25) is 0 Å². The van der Waals surface area contributed by atoms with E-state index in [2.05, 4.69) is 213 Å². The lowest BCUT2D eigenvalue weighted by atomic mass is 9.96. The fourth-order valence-electron chi connectivity index (χ4n) is 7.79. The van der Waals surface area contributed by atoms with Gasteiger partial charge in [0, 0.05) is 37.4 Å². The molecular formula is C48H31BrN2. The normalized spacial score (nSPS) is 11.6. The SMILES string of the molecule is Brc1cc(-c2ccc(-c3ccc4c(c3)c3ccccc3n4-c3ccccc3)cc2)cc(-c2ccc3c4ccccc4n(-c4ccccc4)c3c2)c1. The molecule has 51 heavy (non-hydrogen) atoms. The summed E-state index contributed by atoms with van der Waals surface area (Å²) in [5.74, 6) is 0. The first-order valence-electron chi connectivity index (χ1n) is 17.3. The van der Waals surface area contributed by atoms with Crippen LogP contribution in [0.1, 0.15) is 0 Å². The second kappa shape index (κ2) is 12.0. The molecule has 0 aliphatic carbocycles. The molecule has 2 aromatic heterocycles. The van der Waals surface area contributed by atoms with Crippen LogP contribution in [-0.4, -0.2) is 9.13 Å². The predicted molar refractivity (Wildman–Crippen MR) is 219 cm³/mol. The first kappa shape index (κ1) is 29.7. The van der Waals surface area contributed by atoms with Gasteiger partial charge in [0.05, 0.1) is 22.1 Å². The summed E-state index contributed by atoms with van der Waals surface area (Å²) in [5.41, 5.74) is 14.3. The Labute approximate surface area is 304 Å². The second-order valence-electron chi connectivity index (χ2n) is 13.1. The van der Waals surface area contributed by atoms with E-state index < -0.39 is 0 Å². The van der Waals surface area contributed by atoms with E-state index >= 15 is 0 Å². The molecule has 0 amide bonds. The van der Waals surface area contributed by atoms with Gasteiger partial charge in [-0.05, 0) is 106 Å². The third-order valence-corrected chi connectivity index (χ3v) is 10.6. The molecule has 0 unspecified atom stereocenters. The summed E-state index contributed by atoms with van der Waals surface area (Å²) < 4.78 is 5.80. The van der Waals surface area contributed by atoms with Crippen molar-refractivity contribution in [3.8, 4) is 44.8 Å². The topological polar surface area (TPSA) is 9.86 Å². The Kier molecular flexibility index (Phi) is 7.00. The van der Waals surface area contributed by atoms with E-state index in [1.165, 1.54) is 82.7 Å². The third kappa shape index (κ3) is 5.00. The molecule has 0 radical (unpaired) electrons. The van der Waals surface area contributed by atoms with Crippen molar-refractivity contribution in [2.24, 2.45) is 0 Å². The fourth-order valence-corrected chi connectivity index (χ4v) is 8.28. The number of fused-ring (bicyclic) bond motifs is 6. The Hall–Kier alpha value is -6.16. The van der Waals surface area contributed by atoms with Gasteiger partial charge in [-0.2, -0.15) is 0 Å². The molecule has 2 heterocycles. The van der Waals surface area contributed by atoms with Crippen LogP contribution in [0.5, 0.6) is 0 Å². The molecule has 8 aromatic carbocycles. The summed E-state index contributed by atoms with van der Waals surface area (Å²) in [7, 11) is 0. The maximum Gasteiger partial charge on any atom is 0.0547 e. The Balaban J connectivity index is 1.03. The number of nitrogens with zero attached hydrogens (tertiary/aromatic N) is 2. The molecule has 10 aromatic rings. The van der Waals surface area contributed by atoms with Gasteiger partial charge in [-0.15, -0.1) is 0 Å². The maximum atomic E-state index is 3.84. The second-order valence-corrected chi connectivity index (χ2v) is 14.1. The van der Waals surface area contributed by atoms with Crippen molar-refractivity contribution in [2.75, 3.05) is 0 Å². The molecular weight excluding hydrogens is 684 g/mol. The molecule has 0 atom stereocenters.